The number of methoxy groups -OCH3 is 1. The molecule has 3 rings (SSSR count). The molecule has 0 saturated carbocycles. The molecule has 1 heterocycles. The van der Waals surface area contributed by atoms with Crippen LogP contribution < -0.4 is 10.1 Å². The highest BCUT2D eigenvalue weighted by atomic mass is 35.5. The minimum Gasteiger partial charge on any atom is -0.497 e. The highest BCUT2D eigenvalue weighted by Gasteiger charge is 2.22. The van der Waals surface area contributed by atoms with Crippen molar-refractivity contribution >= 4 is 43.8 Å². The Morgan fingerprint density at radius 1 is 1.14 bits per heavy atom. The van der Waals surface area contributed by atoms with Crippen molar-refractivity contribution in [2.45, 2.75) is 16.5 Å². The number of benzene rings is 2. The molecular formula is C18H16ClN3O4S2. The zero-order valence-electron chi connectivity index (χ0n) is 14.8. The van der Waals surface area contributed by atoms with Crippen molar-refractivity contribution in [3.8, 4) is 5.75 Å². The van der Waals surface area contributed by atoms with Crippen LogP contribution in [0.5, 0.6) is 5.75 Å². The van der Waals surface area contributed by atoms with Crippen molar-refractivity contribution in [1.82, 2.24) is 10.2 Å². The van der Waals surface area contributed by atoms with Crippen LogP contribution in [-0.4, -0.2) is 31.6 Å². The van der Waals surface area contributed by atoms with E-state index in [1.54, 1.807) is 55.6 Å². The Hall–Kier alpha value is -2.49. The quantitative estimate of drug-likeness (QED) is 0.569. The Morgan fingerprint density at radius 3 is 2.54 bits per heavy atom. The van der Waals surface area contributed by atoms with Crippen LogP contribution in [-0.2, 0) is 26.8 Å². The molecule has 0 fully saturated rings. The van der Waals surface area contributed by atoms with Crippen molar-refractivity contribution < 1.29 is 17.9 Å². The number of amides is 1. The molecule has 7 nitrogen and oxygen atoms in total. The Bertz CT molecular complexity index is 1080. The zero-order chi connectivity index (χ0) is 20.1. The summed E-state index contributed by atoms with van der Waals surface area (Å²) < 4.78 is 30.0. The number of hydrogen-bond donors (Lipinski definition) is 1. The van der Waals surface area contributed by atoms with Gasteiger partial charge in [-0.25, -0.2) is 8.42 Å². The molecule has 10 heteroatoms. The number of nitrogens with one attached hydrogen (secondary N) is 1. The number of sulfone groups is 1. The minimum atomic E-state index is -3.72. The van der Waals surface area contributed by atoms with E-state index in [1.807, 2.05) is 0 Å². The van der Waals surface area contributed by atoms with Gasteiger partial charge in [-0.15, -0.1) is 10.2 Å². The monoisotopic (exact) mass is 437 g/mol. The summed E-state index contributed by atoms with van der Waals surface area (Å²) in [6.07, 6.45) is 0.116. The van der Waals surface area contributed by atoms with Gasteiger partial charge in [0.2, 0.25) is 25.2 Å². The van der Waals surface area contributed by atoms with E-state index >= 15 is 0 Å². The summed E-state index contributed by atoms with van der Waals surface area (Å²) >= 11 is 6.83. The zero-order valence-corrected chi connectivity index (χ0v) is 17.1. The van der Waals surface area contributed by atoms with Crippen LogP contribution in [0.3, 0.4) is 0 Å². The predicted molar refractivity (Wildman–Crippen MR) is 108 cm³/mol. The van der Waals surface area contributed by atoms with E-state index in [4.69, 9.17) is 16.3 Å². The van der Waals surface area contributed by atoms with Crippen LogP contribution in [0.2, 0.25) is 5.02 Å². The Morgan fingerprint density at radius 2 is 1.86 bits per heavy atom. The minimum absolute atomic E-state index is 0.116. The molecule has 0 radical (unpaired) electrons. The number of rotatable bonds is 7. The molecule has 3 aromatic rings. The third-order valence-electron chi connectivity index (χ3n) is 3.75. The van der Waals surface area contributed by atoms with Gasteiger partial charge in [0.25, 0.3) is 0 Å². The first-order valence-electron chi connectivity index (χ1n) is 8.10. The van der Waals surface area contributed by atoms with Gasteiger partial charge in [0.05, 0.1) is 19.3 Å². The summed E-state index contributed by atoms with van der Waals surface area (Å²) in [6, 6.07) is 13.8. The van der Waals surface area contributed by atoms with Gasteiger partial charge in [0.15, 0.2) is 0 Å². The molecule has 0 spiro atoms. The number of halogens is 1. The van der Waals surface area contributed by atoms with Gasteiger partial charge in [0.1, 0.15) is 5.75 Å². The van der Waals surface area contributed by atoms with Crippen molar-refractivity contribution in [3.63, 3.8) is 0 Å². The molecule has 1 aromatic heterocycles. The van der Waals surface area contributed by atoms with E-state index in [-0.39, 0.29) is 27.6 Å². The van der Waals surface area contributed by atoms with Crippen LogP contribution >= 0.6 is 22.9 Å². The van der Waals surface area contributed by atoms with E-state index in [1.165, 1.54) is 0 Å². The normalized spacial score (nSPS) is 11.2. The fourth-order valence-corrected chi connectivity index (χ4v) is 5.01. The summed E-state index contributed by atoms with van der Waals surface area (Å²) in [5.41, 5.74) is 1.26. The smallest absolute Gasteiger partial charge is 0.234 e. The maximum Gasteiger partial charge on any atom is 0.234 e. The highest BCUT2D eigenvalue weighted by Crippen LogP contribution is 2.26. The number of ether oxygens (including phenoxy) is 1. The average Bonchev–Trinajstić information content (AvgIpc) is 3.13. The number of anilines is 1. The van der Waals surface area contributed by atoms with Crippen molar-refractivity contribution in [1.29, 1.82) is 0 Å². The predicted octanol–water partition coefficient (Wildman–Crippen LogP) is 3.36. The van der Waals surface area contributed by atoms with Crippen LogP contribution in [0.25, 0.3) is 0 Å². The standard InChI is InChI=1S/C18H16ClN3O4S2/c1-26-14-8-6-12(7-9-14)10-16(23)20-17-21-22-18(27-17)28(24,25)11-13-4-2-3-5-15(13)19/h2-9H,10-11H2,1H3,(H,20,21,23). The number of nitrogens with zero attached hydrogens (tertiary/aromatic N) is 2. The van der Waals surface area contributed by atoms with Crippen LogP contribution in [0.1, 0.15) is 11.1 Å². The average molecular weight is 438 g/mol. The molecule has 2 aromatic carbocycles. The SMILES string of the molecule is COc1ccc(CC(=O)Nc2nnc(S(=O)(=O)Cc3ccccc3Cl)s2)cc1. The molecule has 0 aliphatic heterocycles. The highest BCUT2D eigenvalue weighted by molar-refractivity contribution is 7.92. The fourth-order valence-electron chi connectivity index (χ4n) is 2.36. The van der Waals surface area contributed by atoms with E-state index in [0.29, 0.717) is 16.3 Å². The van der Waals surface area contributed by atoms with Crippen LogP contribution in [0.15, 0.2) is 52.9 Å². The third kappa shape index (κ3) is 5.06. The van der Waals surface area contributed by atoms with Crippen molar-refractivity contribution in [2.24, 2.45) is 0 Å². The molecule has 0 bridgehead atoms. The molecule has 0 saturated heterocycles. The summed E-state index contributed by atoms with van der Waals surface area (Å²) in [5, 5.41) is 10.5. The van der Waals surface area contributed by atoms with Gasteiger partial charge in [-0.1, -0.05) is 53.3 Å². The molecule has 28 heavy (non-hydrogen) atoms. The Balaban J connectivity index is 1.65. The number of carbonyl (C=O) groups excluding carboxylic acids is 1. The van der Waals surface area contributed by atoms with Gasteiger partial charge in [-0.05, 0) is 29.3 Å². The molecule has 1 amide bonds. The summed E-state index contributed by atoms with van der Waals surface area (Å²) in [4.78, 5) is 12.2. The molecule has 0 atom stereocenters. The molecular weight excluding hydrogens is 422 g/mol. The van der Waals surface area contributed by atoms with Gasteiger partial charge < -0.3 is 10.1 Å². The largest absolute Gasteiger partial charge is 0.497 e. The van der Waals surface area contributed by atoms with Crippen molar-refractivity contribution in [2.75, 3.05) is 12.4 Å². The van der Waals surface area contributed by atoms with Gasteiger partial charge in [-0.3, -0.25) is 4.79 Å². The first-order chi connectivity index (χ1) is 13.4. The second-order valence-electron chi connectivity index (χ2n) is 5.80. The topological polar surface area (TPSA) is 98.2 Å². The summed E-state index contributed by atoms with van der Waals surface area (Å²) in [7, 11) is -2.16. The summed E-state index contributed by atoms with van der Waals surface area (Å²) in [5.74, 6) is 0.0826. The number of carbonyl (C=O) groups is 1. The van der Waals surface area contributed by atoms with Gasteiger partial charge in [-0.2, -0.15) is 0 Å². The molecule has 0 unspecified atom stereocenters. The third-order valence-corrected chi connectivity index (χ3v) is 7.06. The van der Waals surface area contributed by atoms with E-state index in [9.17, 15) is 13.2 Å². The molecule has 0 aliphatic carbocycles. The second-order valence-corrected chi connectivity index (χ2v) is 9.34. The molecule has 0 aliphatic rings. The van der Waals surface area contributed by atoms with E-state index in [0.717, 1.165) is 16.9 Å². The maximum atomic E-state index is 12.5. The first kappa shape index (κ1) is 20.2. The summed E-state index contributed by atoms with van der Waals surface area (Å²) in [6.45, 7) is 0. The van der Waals surface area contributed by atoms with E-state index in [2.05, 4.69) is 15.5 Å². The Labute approximate surface area is 171 Å². The lowest BCUT2D eigenvalue weighted by Gasteiger charge is -2.04. The molecule has 1 N–H and O–H groups in total. The van der Waals surface area contributed by atoms with Crippen LogP contribution in [0, 0.1) is 0 Å². The van der Waals surface area contributed by atoms with Crippen LogP contribution in [0.4, 0.5) is 5.13 Å². The number of aromatic nitrogens is 2. The second kappa shape index (κ2) is 8.68. The lowest BCUT2D eigenvalue weighted by atomic mass is 10.1. The van der Waals surface area contributed by atoms with Crippen molar-refractivity contribution in [3.05, 3.63) is 64.7 Å². The van der Waals surface area contributed by atoms with Gasteiger partial charge >= 0.3 is 0 Å². The fraction of sp³-hybridized carbons (Fsp3) is 0.167. The maximum absolute atomic E-state index is 12.5. The number of hydrogen-bond acceptors (Lipinski definition) is 7. The molecule has 146 valence electrons. The lowest BCUT2D eigenvalue weighted by molar-refractivity contribution is -0.115. The first-order valence-corrected chi connectivity index (χ1v) is 10.9. The van der Waals surface area contributed by atoms with E-state index < -0.39 is 9.84 Å². The lowest BCUT2D eigenvalue weighted by Crippen LogP contribution is -2.14. The van der Waals surface area contributed by atoms with Gasteiger partial charge in [0, 0.05) is 5.02 Å². The Kier molecular flexibility index (Phi) is 6.28.